The first-order valence-corrected chi connectivity index (χ1v) is 8.91. The van der Waals surface area contributed by atoms with Crippen LogP contribution in [0.25, 0.3) is 0 Å². The zero-order valence-corrected chi connectivity index (χ0v) is 14.1. The largest absolute Gasteiger partial charge is 0.496 e. The molecule has 0 bridgehead atoms. The van der Waals surface area contributed by atoms with E-state index in [9.17, 15) is 5.11 Å². The molecule has 21 heavy (non-hydrogen) atoms. The zero-order chi connectivity index (χ0) is 15.3. The summed E-state index contributed by atoms with van der Waals surface area (Å²) in [5, 5.41) is 14.2. The van der Waals surface area contributed by atoms with Gasteiger partial charge in [-0.3, -0.25) is 0 Å². The Kier molecular flexibility index (Phi) is 5.97. The monoisotopic (exact) mass is 309 g/mol. The van der Waals surface area contributed by atoms with E-state index in [0.717, 1.165) is 36.5 Å². The molecule has 0 spiro atoms. The van der Waals surface area contributed by atoms with E-state index in [1.165, 1.54) is 11.1 Å². The predicted molar refractivity (Wildman–Crippen MR) is 90.3 cm³/mol. The van der Waals surface area contributed by atoms with Gasteiger partial charge in [-0.05, 0) is 43.8 Å². The lowest BCUT2D eigenvalue weighted by Gasteiger charge is -2.34. The molecule has 0 saturated carbocycles. The van der Waals surface area contributed by atoms with Crippen molar-refractivity contribution in [1.29, 1.82) is 0 Å². The molecule has 2 N–H and O–H groups in total. The van der Waals surface area contributed by atoms with Gasteiger partial charge in [-0.2, -0.15) is 11.8 Å². The average Bonchev–Trinajstić information content (AvgIpc) is 2.49. The molecule has 1 aromatic carbocycles. The lowest BCUT2D eigenvalue weighted by Crippen LogP contribution is -2.44. The number of rotatable bonds is 6. The third-order valence-corrected chi connectivity index (χ3v) is 5.26. The van der Waals surface area contributed by atoms with E-state index >= 15 is 0 Å². The van der Waals surface area contributed by atoms with Gasteiger partial charge in [-0.15, -0.1) is 0 Å². The number of hydrogen-bond acceptors (Lipinski definition) is 4. The Morgan fingerprint density at radius 3 is 2.71 bits per heavy atom. The number of aliphatic hydroxyl groups is 1. The molecular formula is C17H27NO2S. The van der Waals surface area contributed by atoms with Crippen LogP contribution in [0.5, 0.6) is 5.75 Å². The maximum Gasteiger partial charge on any atom is 0.123 e. The van der Waals surface area contributed by atoms with Gasteiger partial charge in [-0.1, -0.05) is 24.6 Å². The average molecular weight is 309 g/mol. The smallest absolute Gasteiger partial charge is 0.123 e. The first-order valence-electron chi connectivity index (χ1n) is 7.76. The van der Waals surface area contributed by atoms with E-state index in [1.807, 2.05) is 17.8 Å². The molecule has 1 aromatic rings. The summed E-state index contributed by atoms with van der Waals surface area (Å²) in [7, 11) is 1.72. The van der Waals surface area contributed by atoms with Gasteiger partial charge in [-0.25, -0.2) is 0 Å². The normalized spacial score (nSPS) is 19.2. The number of thioether (sulfide) groups is 1. The fourth-order valence-electron chi connectivity index (χ4n) is 2.84. The van der Waals surface area contributed by atoms with Gasteiger partial charge in [0.15, 0.2) is 0 Å². The van der Waals surface area contributed by atoms with Gasteiger partial charge in [0.05, 0.1) is 12.7 Å². The fourth-order valence-corrected chi connectivity index (χ4v) is 4.09. The Morgan fingerprint density at radius 2 is 2.10 bits per heavy atom. The van der Waals surface area contributed by atoms with Crippen LogP contribution in [0.2, 0.25) is 0 Å². The highest BCUT2D eigenvalue weighted by molar-refractivity contribution is 7.99. The fraction of sp³-hybridized carbons (Fsp3) is 0.647. The number of hydrogen-bond donors (Lipinski definition) is 2. The summed E-state index contributed by atoms with van der Waals surface area (Å²) in [6.45, 7) is 4.92. The molecule has 2 rings (SSSR count). The summed E-state index contributed by atoms with van der Waals surface area (Å²) < 4.78 is 5.49. The Bertz CT molecular complexity index is 458. The van der Waals surface area contributed by atoms with Gasteiger partial charge >= 0.3 is 0 Å². The second kappa shape index (κ2) is 7.52. The van der Waals surface area contributed by atoms with Crippen LogP contribution < -0.4 is 10.1 Å². The molecule has 0 radical (unpaired) electrons. The van der Waals surface area contributed by atoms with Crippen LogP contribution in [0.15, 0.2) is 18.2 Å². The Labute approximate surface area is 132 Å². The minimum absolute atomic E-state index is 0.221. The summed E-state index contributed by atoms with van der Waals surface area (Å²) in [4.78, 5) is 0. The van der Waals surface area contributed by atoms with Crippen molar-refractivity contribution in [1.82, 2.24) is 5.32 Å². The summed E-state index contributed by atoms with van der Waals surface area (Å²) in [6, 6.07) is 6.50. The van der Waals surface area contributed by atoms with Gasteiger partial charge in [0.2, 0.25) is 0 Å². The number of methoxy groups -OCH3 is 1. The van der Waals surface area contributed by atoms with Crippen LogP contribution in [-0.2, 0) is 0 Å². The summed E-state index contributed by atoms with van der Waals surface area (Å²) in [5.74, 6) is 3.04. The van der Waals surface area contributed by atoms with E-state index in [-0.39, 0.29) is 6.04 Å². The van der Waals surface area contributed by atoms with Gasteiger partial charge in [0.25, 0.3) is 0 Å². The summed E-state index contributed by atoms with van der Waals surface area (Å²) in [5.41, 5.74) is 1.88. The minimum atomic E-state index is -0.546. The SMILES string of the molecule is CCC(NCC1(O)CCSCC1)c1cc(C)ccc1OC. The zero-order valence-electron chi connectivity index (χ0n) is 13.3. The Balaban J connectivity index is 2.07. The van der Waals surface area contributed by atoms with Crippen LogP contribution in [0, 0.1) is 6.92 Å². The third kappa shape index (κ3) is 4.38. The molecule has 0 amide bonds. The lowest BCUT2D eigenvalue weighted by molar-refractivity contribution is 0.0293. The van der Waals surface area contributed by atoms with Crippen molar-refractivity contribution in [3.05, 3.63) is 29.3 Å². The second-order valence-electron chi connectivity index (χ2n) is 5.92. The Morgan fingerprint density at radius 1 is 1.38 bits per heavy atom. The van der Waals surface area contributed by atoms with Crippen LogP contribution in [-0.4, -0.2) is 35.9 Å². The van der Waals surface area contributed by atoms with Gasteiger partial charge in [0.1, 0.15) is 5.75 Å². The number of benzene rings is 1. The predicted octanol–water partition coefficient (Wildman–Crippen LogP) is 3.30. The minimum Gasteiger partial charge on any atom is -0.496 e. The first-order chi connectivity index (χ1) is 10.1. The second-order valence-corrected chi connectivity index (χ2v) is 7.15. The molecule has 0 aromatic heterocycles. The summed E-state index contributed by atoms with van der Waals surface area (Å²) >= 11 is 1.93. The van der Waals surface area contributed by atoms with Crippen molar-refractivity contribution in [2.24, 2.45) is 0 Å². The number of nitrogens with one attached hydrogen (secondary N) is 1. The maximum atomic E-state index is 10.6. The highest BCUT2D eigenvalue weighted by Crippen LogP contribution is 2.30. The molecule has 4 heteroatoms. The standard InChI is InChI=1S/C17H27NO2S/c1-4-15(14-11-13(2)5-6-16(14)20-3)18-12-17(19)7-9-21-10-8-17/h5-6,11,15,18-19H,4,7-10,12H2,1-3H3. The van der Waals surface area contributed by atoms with Crippen LogP contribution >= 0.6 is 11.8 Å². The highest BCUT2D eigenvalue weighted by Gasteiger charge is 2.30. The van der Waals surface area contributed by atoms with Crippen molar-refractivity contribution < 1.29 is 9.84 Å². The number of aryl methyl sites for hydroxylation is 1. The van der Waals surface area contributed by atoms with Crippen molar-refractivity contribution in [2.75, 3.05) is 25.2 Å². The van der Waals surface area contributed by atoms with Crippen LogP contribution in [0.1, 0.15) is 43.4 Å². The first kappa shape index (κ1) is 16.7. The van der Waals surface area contributed by atoms with E-state index in [1.54, 1.807) is 7.11 Å². The van der Waals surface area contributed by atoms with Crippen molar-refractivity contribution in [3.8, 4) is 5.75 Å². The lowest BCUT2D eigenvalue weighted by atomic mass is 9.95. The molecule has 1 unspecified atom stereocenters. The molecule has 118 valence electrons. The van der Waals surface area contributed by atoms with Crippen molar-refractivity contribution >= 4 is 11.8 Å². The van der Waals surface area contributed by atoms with Crippen LogP contribution in [0.3, 0.4) is 0 Å². The molecule has 1 saturated heterocycles. The molecule has 1 heterocycles. The molecular weight excluding hydrogens is 282 g/mol. The van der Waals surface area contributed by atoms with E-state index in [0.29, 0.717) is 6.54 Å². The highest BCUT2D eigenvalue weighted by atomic mass is 32.2. The molecule has 1 atom stereocenters. The number of ether oxygens (including phenoxy) is 1. The third-order valence-electron chi connectivity index (χ3n) is 4.27. The summed E-state index contributed by atoms with van der Waals surface area (Å²) in [6.07, 6.45) is 2.74. The van der Waals surface area contributed by atoms with Crippen LogP contribution in [0.4, 0.5) is 0 Å². The molecule has 0 aliphatic carbocycles. The van der Waals surface area contributed by atoms with E-state index in [4.69, 9.17) is 4.74 Å². The van der Waals surface area contributed by atoms with Gasteiger partial charge < -0.3 is 15.2 Å². The van der Waals surface area contributed by atoms with E-state index in [2.05, 4.69) is 31.3 Å². The maximum absolute atomic E-state index is 10.6. The molecule has 1 aliphatic rings. The molecule has 3 nitrogen and oxygen atoms in total. The van der Waals surface area contributed by atoms with E-state index < -0.39 is 5.60 Å². The molecule has 1 fully saturated rings. The van der Waals surface area contributed by atoms with Gasteiger partial charge in [0, 0.05) is 18.2 Å². The van der Waals surface area contributed by atoms with Crippen molar-refractivity contribution in [3.63, 3.8) is 0 Å². The topological polar surface area (TPSA) is 41.5 Å². The molecule has 1 aliphatic heterocycles. The quantitative estimate of drug-likeness (QED) is 0.846. The Hall–Kier alpha value is -0.710. The van der Waals surface area contributed by atoms with Crippen molar-refractivity contribution in [2.45, 2.75) is 44.8 Å².